The van der Waals surface area contributed by atoms with E-state index < -0.39 is 0 Å². The first kappa shape index (κ1) is 14.6. The summed E-state index contributed by atoms with van der Waals surface area (Å²) in [5, 5.41) is 2.73. The third-order valence-corrected chi connectivity index (χ3v) is 3.15. The first-order valence-electron chi connectivity index (χ1n) is 6.11. The molecule has 20 heavy (non-hydrogen) atoms. The molecule has 0 aliphatic heterocycles. The number of carbonyl (C=O) groups excluding carboxylic acids is 2. The van der Waals surface area contributed by atoms with Crippen molar-refractivity contribution in [1.29, 1.82) is 0 Å². The van der Waals surface area contributed by atoms with E-state index in [9.17, 15) is 9.59 Å². The van der Waals surface area contributed by atoms with E-state index in [1.165, 1.54) is 6.26 Å². The van der Waals surface area contributed by atoms with Gasteiger partial charge in [0.15, 0.2) is 22.0 Å². The average molecular weight is 340 g/mol. The zero-order chi connectivity index (χ0) is 14.7. The number of amides is 1. The van der Waals surface area contributed by atoms with Crippen molar-refractivity contribution in [3.63, 3.8) is 0 Å². The van der Waals surface area contributed by atoms with Gasteiger partial charge >= 0.3 is 0 Å². The van der Waals surface area contributed by atoms with Crippen molar-refractivity contribution >= 4 is 27.6 Å². The van der Waals surface area contributed by atoms with E-state index in [-0.39, 0.29) is 29.9 Å². The number of hydrogen-bond acceptors (Lipinski definition) is 4. The van der Waals surface area contributed by atoms with Gasteiger partial charge in [0.05, 0.1) is 6.26 Å². The van der Waals surface area contributed by atoms with Crippen LogP contribution in [0.4, 0.5) is 0 Å². The second kappa shape index (κ2) is 6.09. The lowest BCUT2D eigenvalue weighted by molar-refractivity contribution is 0.0887. The van der Waals surface area contributed by atoms with Crippen molar-refractivity contribution < 1.29 is 18.4 Å². The molecule has 6 heteroatoms. The molecule has 2 heterocycles. The second-order valence-electron chi connectivity index (χ2n) is 4.54. The van der Waals surface area contributed by atoms with Crippen LogP contribution in [-0.2, 0) is 0 Å². The van der Waals surface area contributed by atoms with Gasteiger partial charge in [0.25, 0.3) is 5.91 Å². The molecule has 1 unspecified atom stereocenters. The standard InChI is InChI=1S/C14H14BrNO4/c1-8-6-12(15)20-13(8)14(18)16-9(2)7-10(17)11-4-3-5-19-11/h3-6,9H,7H2,1-2H3,(H,16,18). The summed E-state index contributed by atoms with van der Waals surface area (Å²) in [7, 11) is 0. The minimum Gasteiger partial charge on any atom is -0.461 e. The minimum atomic E-state index is -0.340. The van der Waals surface area contributed by atoms with Gasteiger partial charge in [0, 0.05) is 18.0 Å². The topological polar surface area (TPSA) is 72.5 Å². The smallest absolute Gasteiger partial charge is 0.287 e. The molecular weight excluding hydrogens is 326 g/mol. The zero-order valence-electron chi connectivity index (χ0n) is 11.1. The van der Waals surface area contributed by atoms with Crippen molar-refractivity contribution in [3.05, 3.63) is 46.2 Å². The monoisotopic (exact) mass is 339 g/mol. The van der Waals surface area contributed by atoms with Crippen LogP contribution in [0.5, 0.6) is 0 Å². The molecule has 0 aromatic carbocycles. The van der Waals surface area contributed by atoms with E-state index in [1.54, 1.807) is 32.0 Å². The predicted molar refractivity (Wildman–Crippen MR) is 75.7 cm³/mol. The molecule has 5 nitrogen and oxygen atoms in total. The lowest BCUT2D eigenvalue weighted by Gasteiger charge is -2.11. The Kier molecular flexibility index (Phi) is 4.44. The maximum atomic E-state index is 12.0. The lowest BCUT2D eigenvalue weighted by atomic mass is 10.1. The number of ketones is 1. The normalized spacial score (nSPS) is 12.2. The molecule has 0 spiro atoms. The van der Waals surface area contributed by atoms with Crippen molar-refractivity contribution in [2.75, 3.05) is 0 Å². The number of Topliss-reactive ketones (excluding diaryl/α,β-unsaturated/α-hetero) is 1. The summed E-state index contributed by atoms with van der Waals surface area (Å²) in [6.07, 6.45) is 1.61. The molecule has 0 aliphatic rings. The largest absolute Gasteiger partial charge is 0.461 e. The molecule has 2 rings (SSSR count). The Hall–Kier alpha value is -1.82. The van der Waals surface area contributed by atoms with Gasteiger partial charge in [-0.1, -0.05) is 0 Å². The van der Waals surface area contributed by atoms with E-state index >= 15 is 0 Å². The van der Waals surface area contributed by atoms with Crippen molar-refractivity contribution in [2.24, 2.45) is 0 Å². The Morgan fingerprint density at radius 2 is 2.20 bits per heavy atom. The summed E-state index contributed by atoms with van der Waals surface area (Å²) in [6, 6.07) is 4.65. The summed E-state index contributed by atoms with van der Waals surface area (Å²) in [5.41, 5.74) is 0.735. The van der Waals surface area contributed by atoms with Gasteiger partial charge in [0.2, 0.25) is 0 Å². The van der Waals surface area contributed by atoms with E-state index in [2.05, 4.69) is 21.2 Å². The number of carbonyl (C=O) groups is 2. The number of aryl methyl sites for hydroxylation is 1. The molecule has 106 valence electrons. The minimum absolute atomic E-state index is 0.153. The number of hydrogen-bond donors (Lipinski definition) is 1. The van der Waals surface area contributed by atoms with E-state index in [0.717, 1.165) is 5.56 Å². The zero-order valence-corrected chi connectivity index (χ0v) is 12.7. The van der Waals surface area contributed by atoms with Gasteiger partial charge in [-0.3, -0.25) is 9.59 Å². The first-order valence-corrected chi connectivity index (χ1v) is 6.90. The maximum Gasteiger partial charge on any atom is 0.287 e. The van der Waals surface area contributed by atoms with Gasteiger partial charge in [-0.25, -0.2) is 0 Å². The summed E-state index contributed by atoms with van der Waals surface area (Å²) >= 11 is 3.17. The summed E-state index contributed by atoms with van der Waals surface area (Å²) in [5.74, 6) is 0.0466. The molecule has 0 saturated heterocycles. The molecular formula is C14H14BrNO4. The van der Waals surface area contributed by atoms with Crippen LogP contribution in [0.3, 0.4) is 0 Å². The molecule has 2 aromatic heterocycles. The number of rotatable bonds is 5. The molecule has 0 fully saturated rings. The molecule has 0 aliphatic carbocycles. The fourth-order valence-electron chi connectivity index (χ4n) is 1.82. The average Bonchev–Trinajstić information content (AvgIpc) is 2.98. The van der Waals surface area contributed by atoms with Crippen LogP contribution in [-0.4, -0.2) is 17.7 Å². The van der Waals surface area contributed by atoms with E-state index in [0.29, 0.717) is 10.4 Å². The van der Waals surface area contributed by atoms with Crippen LogP contribution < -0.4 is 5.32 Å². The van der Waals surface area contributed by atoms with Gasteiger partial charge in [-0.2, -0.15) is 0 Å². The number of nitrogens with one attached hydrogen (secondary N) is 1. The highest BCUT2D eigenvalue weighted by Crippen LogP contribution is 2.19. The Balaban J connectivity index is 1.94. The Bertz CT molecular complexity index is 615. The van der Waals surface area contributed by atoms with Gasteiger partial charge in [-0.05, 0) is 48.0 Å². The highest BCUT2D eigenvalue weighted by Gasteiger charge is 2.19. The van der Waals surface area contributed by atoms with Crippen molar-refractivity contribution in [1.82, 2.24) is 5.32 Å². The fourth-order valence-corrected chi connectivity index (χ4v) is 2.33. The van der Waals surface area contributed by atoms with Crippen molar-refractivity contribution in [2.45, 2.75) is 26.3 Å². The van der Waals surface area contributed by atoms with Crippen LogP contribution in [0.1, 0.15) is 40.0 Å². The quantitative estimate of drug-likeness (QED) is 0.848. The molecule has 0 bridgehead atoms. The van der Waals surface area contributed by atoms with Crippen LogP contribution in [0.2, 0.25) is 0 Å². The molecule has 1 N–H and O–H groups in total. The summed E-state index contributed by atoms with van der Waals surface area (Å²) in [6.45, 7) is 3.54. The van der Waals surface area contributed by atoms with Crippen molar-refractivity contribution in [3.8, 4) is 0 Å². The van der Waals surface area contributed by atoms with Crippen LogP contribution in [0.25, 0.3) is 0 Å². The molecule has 1 atom stereocenters. The first-order chi connectivity index (χ1) is 9.47. The predicted octanol–water partition coefficient (Wildman–Crippen LogP) is 3.33. The van der Waals surface area contributed by atoms with Gasteiger partial charge in [0.1, 0.15) is 0 Å². The van der Waals surface area contributed by atoms with Gasteiger partial charge in [-0.15, -0.1) is 0 Å². The summed E-state index contributed by atoms with van der Waals surface area (Å²) < 4.78 is 10.8. The van der Waals surface area contributed by atoms with E-state index in [4.69, 9.17) is 8.83 Å². The molecule has 2 aromatic rings. The molecule has 0 saturated carbocycles. The Morgan fingerprint density at radius 1 is 1.45 bits per heavy atom. The number of halogens is 1. The van der Waals surface area contributed by atoms with Crippen LogP contribution in [0.15, 0.2) is 38.0 Å². The fraction of sp³-hybridized carbons (Fsp3) is 0.286. The third kappa shape index (κ3) is 3.39. The van der Waals surface area contributed by atoms with Gasteiger partial charge < -0.3 is 14.2 Å². The second-order valence-corrected chi connectivity index (χ2v) is 5.32. The SMILES string of the molecule is Cc1cc(Br)oc1C(=O)NC(C)CC(=O)c1ccco1. The highest BCUT2D eigenvalue weighted by atomic mass is 79.9. The third-order valence-electron chi connectivity index (χ3n) is 2.76. The Labute approximate surface area is 124 Å². The molecule has 0 radical (unpaired) electrons. The highest BCUT2D eigenvalue weighted by molar-refractivity contribution is 9.10. The number of furan rings is 2. The van der Waals surface area contributed by atoms with Crippen LogP contribution in [0, 0.1) is 6.92 Å². The lowest BCUT2D eigenvalue weighted by Crippen LogP contribution is -2.34. The van der Waals surface area contributed by atoms with E-state index in [1.807, 2.05) is 0 Å². The Morgan fingerprint density at radius 3 is 2.75 bits per heavy atom. The summed E-state index contributed by atoms with van der Waals surface area (Å²) in [4.78, 5) is 23.8. The molecule has 1 amide bonds. The maximum absolute atomic E-state index is 12.0. The van der Waals surface area contributed by atoms with Crippen LogP contribution >= 0.6 is 15.9 Å².